The van der Waals surface area contributed by atoms with Crippen molar-refractivity contribution >= 4 is 13.7 Å². The molecule has 0 radical (unpaired) electrons. The molecule has 0 fully saturated rings. The van der Waals surface area contributed by atoms with Crippen LogP contribution in [0.1, 0.15) is 117 Å². The number of allylic oxidation sites excluding steroid dienone is 17. The number of aliphatic hydroxyl groups is 1. The first-order valence-electron chi connectivity index (χ1n) is 20.2. The Morgan fingerprint density at radius 2 is 1.13 bits per heavy atom. The molecular formula is C45H75N2O6P. The molecule has 0 rings (SSSR count). The molecule has 0 aromatic carbocycles. The third-order valence-corrected chi connectivity index (χ3v) is 8.89. The van der Waals surface area contributed by atoms with Crippen molar-refractivity contribution in [2.24, 2.45) is 0 Å². The molecule has 0 aromatic rings. The van der Waals surface area contributed by atoms with Gasteiger partial charge in [0.05, 0.1) is 39.9 Å². The fraction of sp³-hybridized carbons (Fsp3) is 0.578. The summed E-state index contributed by atoms with van der Waals surface area (Å²) < 4.78 is 23.0. The van der Waals surface area contributed by atoms with Gasteiger partial charge in [-0.05, 0) is 89.9 Å². The van der Waals surface area contributed by atoms with Crippen LogP contribution in [0.4, 0.5) is 0 Å². The standard InChI is InChI=1S/C45H75N2O6P/c1-6-8-10-12-14-16-18-19-20-21-22-23-24-25-26-27-29-31-33-35-37-39-45(49)46-43(42-53-54(50,51)52-41-40-47(3,4)5)44(48)38-36-34-32-30-28-17-15-13-11-9-7-2/h8,10-11,13-14,16,19-20,22-23,25-26,28-31,36,38,43-44,48H,6-7,9,12,15,17-18,21,24,27,32-35,37,39-42H2,1-5H3,(H-,46,49,50,51)/b10-8-,13-11+,16-14-,20-19-,23-22-,26-25-,30-28+,31-29-,38-36+. The second-order valence-electron chi connectivity index (χ2n) is 14.2. The van der Waals surface area contributed by atoms with E-state index in [0.29, 0.717) is 23.9 Å². The maximum absolute atomic E-state index is 12.8. The quantitative estimate of drug-likeness (QED) is 0.0292. The van der Waals surface area contributed by atoms with Crippen molar-refractivity contribution in [3.8, 4) is 0 Å². The highest BCUT2D eigenvalue weighted by Crippen LogP contribution is 2.38. The summed E-state index contributed by atoms with van der Waals surface area (Å²) in [6, 6.07) is -0.938. The lowest BCUT2D eigenvalue weighted by atomic mass is 10.1. The van der Waals surface area contributed by atoms with Crippen molar-refractivity contribution in [3.63, 3.8) is 0 Å². The average molecular weight is 771 g/mol. The second-order valence-corrected chi connectivity index (χ2v) is 15.6. The predicted octanol–water partition coefficient (Wildman–Crippen LogP) is 10.3. The number of hydrogen-bond acceptors (Lipinski definition) is 6. The molecule has 3 unspecified atom stereocenters. The Bertz CT molecular complexity index is 1240. The lowest BCUT2D eigenvalue weighted by molar-refractivity contribution is -0.870. The van der Waals surface area contributed by atoms with E-state index in [1.54, 1.807) is 6.08 Å². The lowest BCUT2D eigenvalue weighted by Crippen LogP contribution is -2.45. The van der Waals surface area contributed by atoms with Crippen LogP contribution < -0.4 is 10.2 Å². The summed E-state index contributed by atoms with van der Waals surface area (Å²) in [4.78, 5) is 25.2. The number of likely N-dealkylation sites (N-methyl/N-ethyl adjacent to an activating group) is 1. The van der Waals surface area contributed by atoms with Gasteiger partial charge in [0, 0.05) is 6.42 Å². The number of unbranched alkanes of at least 4 members (excludes halogenated alkanes) is 5. The van der Waals surface area contributed by atoms with Gasteiger partial charge in [-0.2, -0.15) is 0 Å². The van der Waals surface area contributed by atoms with Crippen LogP contribution in [0.2, 0.25) is 0 Å². The molecule has 0 aromatic heterocycles. The van der Waals surface area contributed by atoms with Crippen molar-refractivity contribution in [1.29, 1.82) is 0 Å². The Balaban J connectivity index is 4.60. The van der Waals surface area contributed by atoms with E-state index in [4.69, 9.17) is 9.05 Å². The highest BCUT2D eigenvalue weighted by molar-refractivity contribution is 7.45. The zero-order chi connectivity index (χ0) is 40.0. The van der Waals surface area contributed by atoms with Gasteiger partial charge in [0.25, 0.3) is 7.82 Å². The second kappa shape index (κ2) is 35.8. The molecule has 0 bridgehead atoms. The van der Waals surface area contributed by atoms with E-state index in [1.165, 1.54) is 0 Å². The van der Waals surface area contributed by atoms with Crippen LogP contribution in [0, 0.1) is 0 Å². The largest absolute Gasteiger partial charge is 0.756 e. The monoisotopic (exact) mass is 771 g/mol. The van der Waals surface area contributed by atoms with Crippen molar-refractivity contribution in [2.45, 2.75) is 129 Å². The molecule has 0 heterocycles. The highest BCUT2D eigenvalue weighted by Gasteiger charge is 2.23. The van der Waals surface area contributed by atoms with E-state index in [0.717, 1.165) is 83.5 Å². The fourth-order valence-electron chi connectivity index (χ4n) is 4.72. The van der Waals surface area contributed by atoms with Crippen LogP contribution in [0.5, 0.6) is 0 Å². The Hall–Kier alpha value is -2.84. The normalized spacial score (nSPS) is 15.6. The lowest BCUT2D eigenvalue weighted by Gasteiger charge is -2.29. The van der Waals surface area contributed by atoms with Crippen molar-refractivity contribution < 1.29 is 32.9 Å². The number of amides is 1. The van der Waals surface area contributed by atoms with Gasteiger partial charge < -0.3 is 28.8 Å². The molecule has 3 atom stereocenters. The number of phosphoric ester groups is 1. The van der Waals surface area contributed by atoms with Gasteiger partial charge in [-0.1, -0.05) is 130 Å². The minimum atomic E-state index is -4.61. The molecule has 8 nitrogen and oxygen atoms in total. The summed E-state index contributed by atoms with van der Waals surface area (Å²) in [6.07, 6.45) is 51.5. The smallest absolute Gasteiger partial charge is 0.268 e. The highest BCUT2D eigenvalue weighted by atomic mass is 31.2. The fourth-order valence-corrected chi connectivity index (χ4v) is 5.44. The Labute approximate surface area is 330 Å². The van der Waals surface area contributed by atoms with Crippen molar-refractivity contribution in [3.05, 3.63) is 109 Å². The van der Waals surface area contributed by atoms with Crippen LogP contribution >= 0.6 is 7.82 Å². The van der Waals surface area contributed by atoms with E-state index in [1.807, 2.05) is 27.2 Å². The Morgan fingerprint density at radius 3 is 1.63 bits per heavy atom. The summed E-state index contributed by atoms with van der Waals surface area (Å²) >= 11 is 0. The molecule has 0 aliphatic heterocycles. The third-order valence-electron chi connectivity index (χ3n) is 7.93. The first-order valence-corrected chi connectivity index (χ1v) is 21.7. The molecule has 9 heteroatoms. The number of rotatable bonds is 34. The van der Waals surface area contributed by atoms with Crippen LogP contribution in [0.25, 0.3) is 0 Å². The summed E-state index contributed by atoms with van der Waals surface area (Å²) in [5.74, 6) is -0.263. The molecule has 2 N–H and O–H groups in total. The molecule has 54 heavy (non-hydrogen) atoms. The SMILES string of the molecule is CC/C=C\C/C=C\C/C=C\C/C=C\C/C=C\C/C=C\CCCCC(=O)NC(COP(=O)([O-])OCC[N+](C)(C)C)C(O)/C=C/CC/C=C/CC/C=C/CCC. The van der Waals surface area contributed by atoms with Crippen LogP contribution in [0.3, 0.4) is 0 Å². The van der Waals surface area contributed by atoms with Crippen LogP contribution in [-0.4, -0.2) is 68.5 Å². The molecule has 0 saturated heterocycles. The van der Waals surface area contributed by atoms with E-state index in [2.05, 4.69) is 116 Å². The van der Waals surface area contributed by atoms with E-state index in [-0.39, 0.29) is 18.9 Å². The molecule has 1 amide bonds. The minimum Gasteiger partial charge on any atom is -0.756 e. The first kappa shape index (κ1) is 51.2. The molecule has 0 saturated carbocycles. The van der Waals surface area contributed by atoms with Gasteiger partial charge in [0.1, 0.15) is 13.2 Å². The maximum atomic E-state index is 12.8. The van der Waals surface area contributed by atoms with Gasteiger partial charge in [-0.25, -0.2) is 0 Å². The number of aliphatic hydroxyl groups excluding tert-OH is 1. The number of phosphoric acid groups is 1. The number of nitrogens with zero attached hydrogens (tertiary/aromatic N) is 1. The van der Waals surface area contributed by atoms with Crippen molar-refractivity contribution in [2.75, 3.05) is 40.9 Å². The molecular weight excluding hydrogens is 695 g/mol. The molecule has 0 aliphatic carbocycles. The van der Waals surface area contributed by atoms with Gasteiger partial charge in [-0.3, -0.25) is 9.36 Å². The van der Waals surface area contributed by atoms with Gasteiger partial charge in [0.15, 0.2) is 0 Å². The van der Waals surface area contributed by atoms with Crippen LogP contribution in [0.15, 0.2) is 109 Å². The van der Waals surface area contributed by atoms with Gasteiger partial charge in [-0.15, -0.1) is 0 Å². The summed E-state index contributed by atoms with van der Waals surface area (Å²) in [6.45, 7) is 4.34. The number of quaternary nitrogens is 1. The van der Waals surface area contributed by atoms with E-state index < -0.39 is 26.6 Å². The minimum absolute atomic E-state index is 0.0247. The number of nitrogens with one attached hydrogen (secondary N) is 1. The zero-order valence-corrected chi connectivity index (χ0v) is 35.3. The number of carbonyl (C=O) groups is 1. The van der Waals surface area contributed by atoms with Crippen molar-refractivity contribution in [1.82, 2.24) is 5.32 Å². The predicted molar refractivity (Wildman–Crippen MR) is 228 cm³/mol. The van der Waals surface area contributed by atoms with E-state index >= 15 is 0 Å². The summed E-state index contributed by atoms with van der Waals surface area (Å²) in [5.41, 5.74) is 0. The number of hydrogen-bond donors (Lipinski definition) is 2. The zero-order valence-electron chi connectivity index (χ0n) is 34.4. The topological polar surface area (TPSA) is 108 Å². The van der Waals surface area contributed by atoms with Gasteiger partial charge >= 0.3 is 0 Å². The van der Waals surface area contributed by atoms with Gasteiger partial charge in [0.2, 0.25) is 5.91 Å². The molecule has 0 aliphatic rings. The first-order chi connectivity index (χ1) is 26.0. The van der Waals surface area contributed by atoms with Crippen LogP contribution in [-0.2, 0) is 18.4 Å². The average Bonchev–Trinajstić information content (AvgIpc) is 3.12. The molecule has 306 valence electrons. The third kappa shape index (κ3) is 37.5. The molecule has 0 spiro atoms. The summed E-state index contributed by atoms with van der Waals surface area (Å²) in [7, 11) is 1.18. The van der Waals surface area contributed by atoms with E-state index in [9.17, 15) is 19.4 Å². The summed E-state index contributed by atoms with van der Waals surface area (Å²) in [5, 5.41) is 13.6. The Morgan fingerprint density at radius 1 is 0.667 bits per heavy atom. The Kier molecular flexibility index (Phi) is 34.0. The number of carbonyl (C=O) groups excluding carboxylic acids is 1. The maximum Gasteiger partial charge on any atom is 0.268 e.